The van der Waals surface area contributed by atoms with Gasteiger partial charge >= 0.3 is 12.2 Å². The number of hydrogen-bond acceptors (Lipinski definition) is 4. The van der Waals surface area contributed by atoms with Crippen molar-refractivity contribution >= 4 is 39.2 Å². The molecule has 5 nitrogen and oxygen atoms in total. The van der Waals surface area contributed by atoms with Crippen LogP contribution in [0, 0.1) is 0 Å². The molecule has 32 heavy (non-hydrogen) atoms. The molecule has 0 unspecified atom stereocenters. The van der Waals surface area contributed by atoms with Crippen molar-refractivity contribution in [2.45, 2.75) is 22.5 Å². The summed E-state index contributed by atoms with van der Waals surface area (Å²) in [5, 5.41) is 0. The zero-order valence-corrected chi connectivity index (χ0v) is 18.3. The summed E-state index contributed by atoms with van der Waals surface area (Å²) < 4.78 is 66.8. The zero-order valence-electron chi connectivity index (χ0n) is 16.7. The lowest BCUT2D eigenvalue weighted by molar-refractivity contribution is -0.137. The Labute approximate surface area is 187 Å². The maximum Gasteiger partial charge on any atom is 0.416 e. The number of halogens is 3. The maximum atomic E-state index is 13.4. The second-order valence-corrected chi connectivity index (χ2v) is 9.64. The molecule has 0 saturated carbocycles. The molecule has 1 aliphatic rings. The highest BCUT2D eigenvalue weighted by Gasteiger charge is 2.42. The summed E-state index contributed by atoms with van der Waals surface area (Å²) in [6.07, 6.45) is -2.71. The van der Waals surface area contributed by atoms with E-state index in [1.807, 2.05) is 6.26 Å². The van der Waals surface area contributed by atoms with Crippen LogP contribution >= 0.6 is 11.8 Å². The number of nitrogens with zero attached hydrogens (tertiary/aromatic N) is 2. The van der Waals surface area contributed by atoms with E-state index in [1.54, 1.807) is 24.3 Å². The van der Waals surface area contributed by atoms with Gasteiger partial charge in [0, 0.05) is 4.90 Å². The Morgan fingerprint density at radius 1 is 0.938 bits per heavy atom. The number of carbonyl (C=O) groups is 1. The summed E-state index contributed by atoms with van der Waals surface area (Å²) in [5.41, 5.74) is -0.345. The minimum Gasteiger partial charge on any atom is -0.287 e. The van der Waals surface area contributed by atoms with E-state index in [0.717, 1.165) is 17.0 Å². The van der Waals surface area contributed by atoms with Gasteiger partial charge < -0.3 is 0 Å². The van der Waals surface area contributed by atoms with Gasteiger partial charge in [-0.3, -0.25) is 4.90 Å². The second kappa shape index (κ2) is 8.18. The van der Waals surface area contributed by atoms with Crippen LogP contribution in [0.2, 0.25) is 0 Å². The van der Waals surface area contributed by atoms with Gasteiger partial charge in [-0.2, -0.15) is 17.5 Å². The van der Waals surface area contributed by atoms with Crippen LogP contribution in [0.25, 0.3) is 0 Å². The van der Waals surface area contributed by atoms with Gasteiger partial charge in [0.05, 0.1) is 23.5 Å². The summed E-state index contributed by atoms with van der Waals surface area (Å²) in [7, 11) is -4.21. The van der Waals surface area contributed by atoms with E-state index in [1.165, 1.54) is 53.1 Å². The molecule has 0 atom stereocenters. The molecule has 4 rings (SSSR count). The number of hydrogen-bond donors (Lipinski definition) is 0. The fourth-order valence-corrected chi connectivity index (χ4v) is 5.52. The molecule has 166 valence electrons. The molecule has 0 radical (unpaired) electrons. The number of benzene rings is 3. The lowest BCUT2D eigenvalue weighted by atomic mass is 10.1. The Bertz CT molecular complexity index is 1290. The number of fused-ring (bicyclic) bond motifs is 1. The van der Waals surface area contributed by atoms with Crippen molar-refractivity contribution in [1.29, 1.82) is 0 Å². The van der Waals surface area contributed by atoms with Gasteiger partial charge in [-0.15, -0.1) is 11.8 Å². The smallest absolute Gasteiger partial charge is 0.287 e. The number of carbonyl (C=O) groups excluding carboxylic acids is 1. The molecule has 10 heteroatoms. The van der Waals surface area contributed by atoms with E-state index in [9.17, 15) is 26.4 Å². The molecule has 0 spiro atoms. The number of rotatable bonds is 4. The first-order valence-electron chi connectivity index (χ1n) is 9.39. The number of thioether (sulfide) groups is 1. The van der Waals surface area contributed by atoms with Crippen molar-refractivity contribution in [1.82, 2.24) is 0 Å². The quantitative estimate of drug-likeness (QED) is 0.447. The topological polar surface area (TPSA) is 57.7 Å². The lowest BCUT2D eigenvalue weighted by Gasteiger charge is -2.36. The van der Waals surface area contributed by atoms with Crippen LogP contribution < -0.4 is 9.21 Å². The fraction of sp³-hybridized carbons (Fsp3) is 0.136. The third kappa shape index (κ3) is 3.95. The molecule has 3 aromatic rings. The zero-order chi connectivity index (χ0) is 23.1. The molecule has 0 bridgehead atoms. The predicted octanol–water partition coefficient (Wildman–Crippen LogP) is 5.76. The van der Waals surface area contributed by atoms with Crippen molar-refractivity contribution in [2.24, 2.45) is 0 Å². The lowest BCUT2D eigenvalue weighted by Crippen LogP contribution is -2.50. The van der Waals surface area contributed by atoms with E-state index >= 15 is 0 Å². The van der Waals surface area contributed by atoms with Gasteiger partial charge in [-0.25, -0.2) is 13.2 Å². The third-order valence-corrected chi connectivity index (χ3v) is 7.44. The summed E-state index contributed by atoms with van der Waals surface area (Å²) in [6, 6.07) is 16.2. The number of sulfonamides is 1. The summed E-state index contributed by atoms with van der Waals surface area (Å²) in [5.74, 6) is 0. The standard InChI is InChI=1S/C22H17F3N2O3S2/c1-31-18-9-5-8-17(13-18)27-21(28)26(19-10-2-3-11-20(19)32(27,29)30)14-15-6-4-7-16(12-15)22(23,24)25/h2-13H,14H2,1H3. The van der Waals surface area contributed by atoms with Crippen LogP contribution in [-0.2, 0) is 22.7 Å². The number of alkyl halides is 3. The van der Waals surface area contributed by atoms with Crippen molar-refractivity contribution in [3.8, 4) is 0 Å². The van der Waals surface area contributed by atoms with Crippen LogP contribution in [0.1, 0.15) is 11.1 Å². The van der Waals surface area contributed by atoms with Gasteiger partial charge in [0.1, 0.15) is 4.90 Å². The number of para-hydroxylation sites is 1. The van der Waals surface area contributed by atoms with E-state index in [0.29, 0.717) is 4.31 Å². The minimum atomic E-state index is -4.53. The number of amides is 2. The Balaban J connectivity index is 1.83. The van der Waals surface area contributed by atoms with Gasteiger partial charge in [0.2, 0.25) is 0 Å². The molecule has 0 fully saturated rings. The van der Waals surface area contributed by atoms with Crippen LogP contribution in [-0.4, -0.2) is 20.7 Å². The summed E-state index contributed by atoms with van der Waals surface area (Å²) >= 11 is 1.39. The van der Waals surface area contributed by atoms with Crippen LogP contribution in [0.5, 0.6) is 0 Å². The first-order chi connectivity index (χ1) is 15.1. The van der Waals surface area contributed by atoms with Crippen molar-refractivity contribution in [3.63, 3.8) is 0 Å². The molecule has 0 saturated heterocycles. The fourth-order valence-electron chi connectivity index (χ4n) is 3.48. The molecule has 0 aromatic heterocycles. The molecule has 0 N–H and O–H groups in total. The van der Waals surface area contributed by atoms with Crippen LogP contribution in [0.4, 0.5) is 29.3 Å². The average Bonchev–Trinajstić information content (AvgIpc) is 2.76. The normalized spacial score (nSPS) is 15.6. The van der Waals surface area contributed by atoms with Crippen LogP contribution in [0.3, 0.4) is 0 Å². The molecular weight excluding hydrogens is 461 g/mol. The van der Waals surface area contributed by atoms with E-state index < -0.39 is 27.8 Å². The highest BCUT2D eigenvalue weighted by atomic mass is 32.2. The molecule has 0 aliphatic carbocycles. The maximum absolute atomic E-state index is 13.4. The Morgan fingerprint density at radius 2 is 1.66 bits per heavy atom. The SMILES string of the molecule is CSc1cccc(N2C(=O)N(Cc3cccc(C(F)(F)F)c3)c3ccccc3S2(=O)=O)c1. The largest absolute Gasteiger partial charge is 0.416 e. The van der Waals surface area contributed by atoms with Gasteiger partial charge in [-0.05, 0) is 54.3 Å². The molecule has 1 heterocycles. The predicted molar refractivity (Wildman–Crippen MR) is 117 cm³/mol. The van der Waals surface area contributed by atoms with Gasteiger partial charge in [0.15, 0.2) is 0 Å². The Hall–Kier alpha value is -2.98. The summed E-state index contributed by atoms with van der Waals surface area (Å²) in [6.45, 7) is -0.228. The van der Waals surface area contributed by atoms with E-state index in [2.05, 4.69) is 0 Å². The van der Waals surface area contributed by atoms with Gasteiger partial charge in [-0.1, -0.05) is 30.3 Å². The number of urea groups is 1. The van der Waals surface area contributed by atoms with Crippen molar-refractivity contribution in [2.75, 3.05) is 15.5 Å². The Kier molecular flexibility index (Phi) is 5.68. The second-order valence-electron chi connectivity index (χ2n) is 7.01. The van der Waals surface area contributed by atoms with Crippen molar-refractivity contribution in [3.05, 3.63) is 83.9 Å². The Morgan fingerprint density at radius 3 is 2.38 bits per heavy atom. The highest BCUT2D eigenvalue weighted by Crippen LogP contribution is 2.39. The van der Waals surface area contributed by atoms with Crippen LogP contribution in [0.15, 0.2) is 82.6 Å². The average molecular weight is 479 g/mol. The molecule has 1 aliphatic heterocycles. The molecular formula is C22H17F3N2O3S2. The molecule has 3 aromatic carbocycles. The minimum absolute atomic E-state index is 0.0962. The van der Waals surface area contributed by atoms with E-state index in [4.69, 9.17) is 0 Å². The highest BCUT2D eigenvalue weighted by molar-refractivity contribution is 7.98. The van der Waals surface area contributed by atoms with Gasteiger partial charge in [0.25, 0.3) is 10.0 Å². The van der Waals surface area contributed by atoms with E-state index in [-0.39, 0.29) is 28.4 Å². The van der Waals surface area contributed by atoms with Crippen molar-refractivity contribution < 1.29 is 26.4 Å². The molecule has 2 amide bonds. The third-order valence-electron chi connectivity index (χ3n) is 4.96. The number of anilines is 2. The monoisotopic (exact) mass is 478 g/mol. The first kappa shape index (κ1) is 22.2. The summed E-state index contributed by atoms with van der Waals surface area (Å²) in [4.78, 5) is 15.3. The first-order valence-corrected chi connectivity index (χ1v) is 12.1.